The van der Waals surface area contributed by atoms with Crippen LogP contribution in [-0.4, -0.2) is 21.4 Å². The smallest absolute Gasteiger partial charge is 0.505 e. The topological polar surface area (TPSA) is 85.5 Å². The minimum Gasteiger partial charge on any atom is -0.505 e. The predicted octanol–water partition coefficient (Wildman–Crippen LogP) is 2.20. The van der Waals surface area contributed by atoms with E-state index in [2.05, 4.69) is 9.72 Å². The molecular weight excluding hydrogens is 348 g/mol. The number of hydrogen-bond acceptors (Lipinski definition) is 5. The normalized spacial score (nSPS) is 11.2. The van der Waals surface area contributed by atoms with Gasteiger partial charge in [0.05, 0.1) is 11.1 Å². The van der Waals surface area contributed by atoms with Crippen molar-refractivity contribution in [3.05, 3.63) is 19.9 Å². The number of pyridine rings is 1. The molecule has 1 rings (SSSR count). The Hall–Kier alpha value is -1.33. The van der Waals surface area contributed by atoms with Gasteiger partial charge in [0.2, 0.25) is 0 Å². The molecule has 0 atom stereocenters. The lowest BCUT2D eigenvalue weighted by Gasteiger charge is -2.08. The number of halogens is 4. The van der Waals surface area contributed by atoms with Gasteiger partial charge in [0, 0.05) is 0 Å². The number of nitro groups is 1. The van der Waals surface area contributed by atoms with Gasteiger partial charge in [0.1, 0.15) is 3.57 Å². The summed E-state index contributed by atoms with van der Waals surface area (Å²) in [5, 5.41) is 19.5. The molecule has 1 N–H and O–H groups in total. The zero-order valence-electron chi connectivity index (χ0n) is 7.16. The van der Waals surface area contributed by atoms with E-state index in [0.29, 0.717) is 6.20 Å². The fourth-order valence-electron chi connectivity index (χ4n) is 0.795. The Morgan fingerprint density at radius 1 is 1.56 bits per heavy atom. The molecular formula is C6H2F3IN2O4. The number of rotatable bonds is 2. The highest BCUT2D eigenvalue weighted by Gasteiger charge is 2.37. The third-order valence-electron chi connectivity index (χ3n) is 1.33. The SMILES string of the molecule is O=[N+]([O-])c1c(OC(F)(F)F)ncc(O)c1I. The Morgan fingerprint density at radius 2 is 2.12 bits per heavy atom. The van der Waals surface area contributed by atoms with Gasteiger partial charge in [-0.15, -0.1) is 13.2 Å². The second kappa shape index (κ2) is 4.27. The van der Waals surface area contributed by atoms with Crippen molar-refractivity contribution >= 4 is 28.3 Å². The lowest BCUT2D eigenvalue weighted by Crippen LogP contribution is -2.19. The second-order valence-electron chi connectivity index (χ2n) is 2.42. The van der Waals surface area contributed by atoms with Crippen LogP contribution >= 0.6 is 22.6 Å². The van der Waals surface area contributed by atoms with Crippen LogP contribution in [0.15, 0.2) is 6.20 Å². The van der Waals surface area contributed by atoms with Crippen LogP contribution in [0.4, 0.5) is 18.9 Å². The van der Waals surface area contributed by atoms with Gasteiger partial charge in [-0.1, -0.05) is 0 Å². The van der Waals surface area contributed by atoms with Crippen LogP contribution < -0.4 is 4.74 Å². The molecule has 0 aliphatic rings. The highest BCUT2D eigenvalue weighted by molar-refractivity contribution is 14.1. The Bertz CT molecular complexity index is 437. The van der Waals surface area contributed by atoms with E-state index in [0.717, 1.165) is 0 Å². The molecule has 0 saturated carbocycles. The first-order valence-corrected chi connectivity index (χ1v) is 4.58. The molecule has 0 bridgehead atoms. The maximum atomic E-state index is 11.9. The van der Waals surface area contributed by atoms with Crippen LogP contribution in [0, 0.1) is 13.7 Å². The summed E-state index contributed by atoms with van der Waals surface area (Å²) in [6.07, 6.45) is -4.45. The number of hydrogen-bond donors (Lipinski definition) is 1. The minimum absolute atomic E-state index is 0.378. The molecule has 0 aromatic carbocycles. The second-order valence-corrected chi connectivity index (χ2v) is 3.49. The molecule has 0 fully saturated rings. The third kappa shape index (κ3) is 2.84. The lowest BCUT2D eigenvalue weighted by molar-refractivity contribution is -0.390. The van der Waals surface area contributed by atoms with Crippen molar-refractivity contribution in [3.8, 4) is 11.6 Å². The first-order valence-electron chi connectivity index (χ1n) is 3.50. The minimum atomic E-state index is -5.09. The van der Waals surface area contributed by atoms with Gasteiger partial charge in [-0.3, -0.25) is 10.1 Å². The van der Waals surface area contributed by atoms with Crippen molar-refractivity contribution in [2.75, 3.05) is 0 Å². The quantitative estimate of drug-likeness (QED) is 0.502. The molecule has 0 spiro atoms. The van der Waals surface area contributed by atoms with Crippen LogP contribution in [0.3, 0.4) is 0 Å². The van der Waals surface area contributed by atoms with Gasteiger partial charge in [-0.25, -0.2) is 4.98 Å². The summed E-state index contributed by atoms with van der Waals surface area (Å²) < 4.78 is 38.6. The standard InChI is InChI=1S/C6H2F3IN2O4/c7-6(8,9)16-5-4(12(14)15)3(10)2(13)1-11-5/h1,13H. The van der Waals surface area contributed by atoms with Crippen molar-refractivity contribution in [2.24, 2.45) is 0 Å². The molecule has 1 aromatic heterocycles. The van der Waals surface area contributed by atoms with Crippen molar-refractivity contribution in [2.45, 2.75) is 6.36 Å². The van der Waals surface area contributed by atoms with Gasteiger partial charge < -0.3 is 9.84 Å². The third-order valence-corrected chi connectivity index (χ3v) is 2.40. The van der Waals surface area contributed by atoms with Crippen LogP contribution in [0.1, 0.15) is 0 Å². The molecule has 0 aliphatic heterocycles. The molecule has 88 valence electrons. The van der Waals surface area contributed by atoms with E-state index < -0.39 is 28.6 Å². The molecule has 10 heteroatoms. The fourth-order valence-corrected chi connectivity index (χ4v) is 1.36. The van der Waals surface area contributed by atoms with Crippen molar-refractivity contribution < 1.29 is 27.9 Å². The number of aromatic nitrogens is 1. The van der Waals surface area contributed by atoms with Crippen molar-refractivity contribution in [3.63, 3.8) is 0 Å². The van der Waals surface area contributed by atoms with E-state index in [9.17, 15) is 23.3 Å². The number of ether oxygens (including phenoxy) is 1. The van der Waals surface area contributed by atoms with Crippen molar-refractivity contribution in [1.29, 1.82) is 0 Å². The molecule has 0 saturated heterocycles. The Balaban J connectivity index is 3.29. The largest absolute Gasteiger partial charge is 0.574 e. The zero-order chi connectivity index (χ0) is 12.5. The first kappa shape index (κ1) is 12.7. The Kier molecular flexibility index (Phi) is 3.40. The maximum Gasteiger partial charge on any atom is 0.574 e. The van der Waals surface area contributed by atoms with Gasteiger partial charge in [-0.05, 0) is 22.6 Å². The average Bonchev–Trinajstić information content (AvgIpc) is 2.08. The summed E-state index contributed by atoms with van der Waals surface area (Å²) in [7, 11) is 0. The highest BCUT2D eigenvalue weighted by atomic mass is 127. The molecule has 1 aromatic rings. The number of nitrogens with zero attached hydrogens (tertiary/aromatic N) is 2. The Morgan fingerprint density at radius 3 is 2.56 bits per heavy atom. The van der Waals surface area contributed by atoms with Crippen LogP contribution in [0.25, 0.3) is 0 Å². The summed E-state index contributed by atoms with van der Waals surface area (Å²) >= 11 is 1.32. The summed E-state index contributed by atoms with van der Waals surface area (Å²) in [5.41, 5.74) is -1.03. The van der Waals surface area contributed by atoms with E-state index in [4.69, 9.17) is 5.11 Å². The zero-order valence-corrected chi connectivity index (χ0v) is 9.31. The highest BCUT2D eigenvalue weighted by Crippen LogP contribution is 2.37. The van der Waals surface area contributed by atoms with Gasteiger partial charge in [0.15, 0.2) is 5.75 Å². The molecule has 16 heavy (non-hydrogen) atoms. The average molecular weight is 350 g/mol. The maximum absolute atomic E-state index is 11.9. The summed E-state index contributed by atoms with van der Waals surface area (Å²) in [4.78, 5) is 12.4. The molecule has 0 radical (unpaired) electrons. The first-order chi connectivity index (χ1) is 7.22. The monoisotopic (exact) mass is 350 g/mol. The molecule has 0 amide bonds. The predicted molar refractivity (Wildman–Crippen MR) is 52.0 cm³/mol. The van der Waals surface area contributed by atoms with E-state index in [-0.39, 0.29) is 3.57 Å². The van der Waals surface area contributed by atoms with E-state index in [1.807, 2.05) is 0 Å². The summed E-state index contributed by atoms with van der Waals surface area (Å²) in [5.74, 6) is -1.80. The van der Waals surface area contributed by atoms with Crippen LogP contribution in [0.2, 0.25) is 0 Å². The Labute approximate surface area is 99.3 Å². The van der Waals surface area contributed by atoms with E-state index in [1.54, 1.807) is 0 Å². The fraction of sp³-hybridized carbons (Fsp3) is 0.167. The molecule has 0 unspecified atom stereocenters. The van der Waals surface area contributed by atoms with E-state index in [1.165, 1.54) is 22.6 Å². The summed E-state index contributed by atoms with van der Waals surface area (Å²) in [6, 6.07) is 0. The van der Waals surface area contributed by atoms with Gasteiger partial charge in [0.25, 0.3) is 0 Å². The van der Waals surface area contributed by atoms with Gasteiger partial charge >= 0.3 is 17.9 Å². The van der Waals surface area contributed by atoms with Gasteiger partial charge in [-0.2, -0.15) is 0 Å². The molecule has 1 heterocycles. The van der Waals surface area contributed by atoms with Crippen molar-refractivity contribution in [1.82, 2.24) is 4.98 Å². The van der Waals surface area contributed by atoms with E-state index >= 15 is 0 Å². The number of aromatic hydroxyl groups is 1. The lowest BCUT2D eigenvalue weighted by atomic mass is 10.4. The van der Waals surface area contributed by atoms with Crippen LogP contribution in [0.5, 0.6) is 11.6 Å². The molecule has 0 aliphatic carbocycles. The summed E-state index contributed by atoms with van der Waals surface area (Å²) in [6.45, 7) is 0. The molecule has 6 nitrogen and oxygen atoms in total. The number of alkyl halides is 3. The van der Waals surface area contributed by atoms with Crippen LogP contribution in [-0.2, 0) is 0 Å².